The number of amides is 1. The van der Waals surface area contributed by atoms with Gasteiger partial charge in [-0.2, -0.15) is 0 Å². The molecule has 0 aromatic carbocycles. The summed E-state index contributed by atoms with van der Waals surface area (Å²) in [6, 6.07) is 0.153. The Hall–Kier alpha value is -0.610. The number of piperidine rings is 1. The van der Waals surface area contributed by atoms with Crippen molar-refractivity contribution in [3.8, 4) is 0 Å². The van der Waals surface area contributed by atoms with Crippen LogP contribution >= 0.6 is 0 Å². The lowest BCUT2D eigenvalue weighted by molar-refractivity contribution is -0.146. The normalized spacial score (nSPS) is 24.3. The van der Waals surface area contributed by atoms with Crippen LogP contribution in [-0.4, -0.2) is 48.2 Å². The van der Waals surface area contributed by atoms with Gasteiger partial charge >= 0.3 is 0 Å². The molecule has 4 nitrogen and oxygen atoms in total. The third kappa shape index (κ3) is 3.45. The molecule has 1 amide bonds. The average molecular weight is 256 g/mol. The molecule has 1 atom stereocenters. The van der Waals surface area contributed by atoms with Crippen LogP contribution in [0.1, 0.15) is 46.5 Å². The van der Waals surface area contributed by atoms with Crippen LogP contribution in [0.2, 0.25) is 0 Å². The van der Waals surface area contributed by atoms with E-state index in [4.69, 9.17) is 5.11 Å². The second-order valence-electron chi connectivity index (χ2n) is 5.63. The minimum absolute atomic E-state index is 0.0412. The lowest BCUT2D eigenvalue weighted by atomic mass is 9.75. The Labute approximate surface area is 111 Å². The number of aliphatic hydroxyl groups is 1. The van der Waals surface area contributed by atoms with Crippen molar-refractivity contribution in [1.29, 1.82) is 0 Å². The number of aliphatic hydroxyl groups excluding tert-OH is 1. The molecule has 0 aromatic heterocycles. The van der Waals surface area contributed by atoms with E-state index >= 15 is 0 Å². The topological polar surface area (TPSA) is 52.6 Å². The van der Waals surface area contributed by atoms with Gasteiger partial charge in [-0.1, -0.05) is 13.3 Å². The van der Waals surface area contributed by atoms with Crippen molar-refractivity contribution in [2.24, 2.45) is 5.41 Å². The molecular formula is C14H28N2O2. The fourth-order valence-corrected chi connectivity index (χ4v) is 2.96. The van der Waals surface area contributed by atoms with E-state index in [1.807, 2.05) is 18.7 Å². The smallest absolute Gasteiger partial charge is 0.230 e. The Morgan fingerprint density at radius 2 is 2.22 bits per heavy atom. The fraction of sp³-hybridized carbons (Fsp3) is 0.929. The number of rotatable bonds is 6. The molecule has 1 fully saturated rings. The van der Waals surface area contributed by atoms with Gasteiger partial charge in [0, 0.05) is 19.1 Å². The van der Waals surface area contributed by atoms with E-state index in [0.717, 1.165) is 38.8 Å². The van der Waals surface area contributed by atoms with E-state index in [1.54, 1.807) is 0 Å². The summed E-state index contributed by atoms with van der Waals surface area (Å²) in [5, 5.41) is 12.5. The van der Waals surface area contributed by atoms with Crippen molar-refractivity contribution in [2.45, 2.75) is 52.5 Å². The second kappa shape index (κ2) is 7.10. The summed E-state index contributed by atoms with van der Waals surface area (Å²) in [6.45, 7) is 8.46. The Morgan fingerprint density at radius 1 is 1.50 bits per heavy atom. The van der Waals surface area contributed by atoms with Crippen molar-refractivity contribution in [2.75, 3.05) is 26.2 Å². The van der Waals surface area contributed by atoms with Crippen LogP contribution in [-0.2, 0) is 4.79 Å². The first-order chi connectivity index (χ1) is 8.57. The number of hydrogen-bond acceptors (Lipinski definition) is 3. The molecule has 1 aliphatic heterocycles. The van der Waals surface area contributed by atoms with Gasteiger partial charge in [-0.3, -0.25) is 4.79 Å². The van der Waals surface area contributed by atoms with Crippen molar-refractivity contribution < 1.29 is 9.90 Å². The fourth-order valence-electron chi connectivity index (χ4n) is 2.96. The highest BCUT2D eigenvalue weighted by Gasteiger charge is 2.41. The highest BCUT2D eigenvalue weighted by Crippen LogP contribution is 2.34. The maximum absolute atomic E-state index is 12.8. The predicted molar refractivity (Wildman–Crippen MR) is 73.4 cm³/mol. The molecule has 0 radical (unpaired) electrons. The zero-order valence-electron chi connectivity index (χ0n) is 12.0. The summed E-state index contributed by atoms with van der Waals surface area (Å²) in [5.41, 5.74) is -0.244. The minimum atomic E-state index is -0.244. The first-order valence-corrected chi connectivity index (χ1v) is 7.20. The van der Waals surface area contributed by atoms with Crippen LogP contribution in [0.5, 0.6) is 0 Å². The molecule has 4 heteroatoms. The lowest BCUT2D eigenvalue weighted by Gasteiger charge is -2.41. The van der Waals surface area contributed by atoms with Crippen LogP contribution < -0.4 is 5.32 Å². The van der Waals surface area contributed by atoms with E-state index < -0.39 is 0 Å². The number of nitrogens with zero attached hydrogens (tertiary/aromatic N) is 1. The summed E-state index contributed by atoms with van der Waals surface area (Å²) in [7, 11) is 0. The largest absolute Gasteiger partial charge is 0.395 e. The van der Waals surface area contributed by atoms with E-state index in [-0.39, 0.29) is 24.0 Å². The Bertz CT molecular complexity index is 255. The zero-order chi connectivity index (χ0) is 13.6. The number of hydrogen-bond donors (Lipinski definition) is 2. The first kappa shape index (κ1) is 15.4. The van der Waals surface area contributed by atoms with Crippen LogP contribution in [0.25, 0.3) is 0 Å². The number of carbonyl (C=O) groups is 1. The van der Waals surface area contributed by atoms with Crippen molar-refractivity contribution in [1.82, 2.24) is 10.2 Å². The van der Waals surface area contributed by atoms with E-state index in [1.165, 1.54) is 0 Å². The molecule has 0 spiro atoms. The molecular weight excluding hydrogens is 228 g/mol. The minimum Gasteiger partial charge on any atom is -0.395 e. The van der Waals surface area contributed by atoms with E-state index in [2.05, 4.69) is 12.2 Å². The van der Waals surface area contributed by atoms with Gasteiger partial charge < -0.3 is 15.3 Å². The molecule has 1 rings (SSSR count). The van der Waals surface area contributed by atoms with Crippen LogP contribution in [0.4, 0.5) is 0 Å². The highest BCUT2D eigenvalue weighted by atomic mass is 16.3. The number of carbonyl (C=O) groups excluding carboxylic acids is 1. The molecule has 0 aromatic rings. The van der Waals surface area contributed by atoms with Gasteiger partial charge in [0.25, 0.3) is 0 Å². The summed E-state index contributed by atoms with van der Waals surface area (Å²) in [4.78, 5) is 14.7. The predicted octanol–water partition coefficient (Wildman–Crippen LogP) is 1.39. The molecule has 18 heavy (non-hydrogen) atoms. The monoisotopic (exact) mass is 256 g/mol. The quantitative estimate of drug-likeness (QED) is 0.755. The van der Waals surface area contributed by atoms with Crippen LogP contribution in [0.15, 0.2) is 0 Å². The molecule has 1 aliphatic rings. The Balaban J connectivity index is 2.85. The van der Waals surface area contributed by atoms with Crippen LogP contribution in [0, 0.1) is 5.41 Å². The first-order valence-electron chi connectivity index (χ1n) is 7.20. The van der Waals surface area contributed by atoms with Crippen molar-refractivity contribution in [3.05, 3.63) is 0 Å². The van der Waals surface area contributed by atoms with Crippen molar-refractivity contribution >= 4 is 5.91 Å². The van der Waals surface area contributed by atoms with Crippen LogP contribution in [0.3, 0.4) is 0 Å². The molecule has 0 bridgehead atoms. The summed E-state index contributed by atoms with van der Waals surface area (Å²) in [5.74, 6) is 0.223. The third-order valence-corrected chi connectivity index (χ3v) is 3.88. The molecule has 1 heterocycles. The number of nitrogens with one attached hydrogen (secondary N) is 1. The van der Waals surface area contributed by atoms with Gasteiger partial charge in [0.2, 0.25) is 5.91 Å². The maximum Gasteiger partial charge on any atom is 0.230 e. The SMILES string of the molecule is CCCC1(C(=O)N(CCO)C(C)C)CCCNC1. The molecule has 106 valence electrons. The summed E-state index contributed by atoms with van der Waals surface area (Å²) < 4.78 is 0. The average Bonchev–Trinajstić information content (AvgIpc) is 2.36. The third-order valence-electron chi connectivity index (χ3n) is 3.88. The lowest BCUT2D eigenvalue weighted by Crippen LogP contribution is -2.54. The van der Waals surface area contributed by atoms with Crippen molar-refractivity contribution in [3.63, 3.8) is 0 Å². The summed E-state index contributed by atoms with van der Waals surface area (Å²) >= 11 is 0. The standard InChI is InChI=1S/C14H28N2O2/c1-4-6-14(7-5-8-15-11-14)13(18)16(9-10-17)12(2)3/h12,15,17H,4-11H2,1-3H3. The maximum atomic E-state index is 12.8. The van der Waals surface area contributed by atoms with Gasteiger partial charge in [-0.25, -0.2) is 0 Å². The van der Waals surface area contributed by atoms with Gasteiger partial charge in [0.05, 0.1) is 12.0 Å². The summed E-state index contributed by atoms with van der Waals surface area (Å²) in [6.07, 6.45) is 4.00. The zero-order valence-corrected chi connectivity index (χ0v) is 12.0. The molecule has 1 unspecified atom stereocenters. The highest BCUT2D eigenvalue weighted by molar-refractivity contribution is 5.83. The second-order valence-corrected chi connectivity index (χ2v) is 5.63. The van der Waals surface area contributed by atoms with Gasteiger partial charge in [-0.05, 0) is 39.7 Å². The van der Waals surface area contributed by atoms with E-state index in [0.29, 0.717) is 6.54 Å². The molecule has 1 saturated heterocycles. The van der Waals surface area contributed by atoms with E-state index in [9.17, 15) is 4.79 Å². The Morgan fingerprint density at radius 3 is 2.67 bits per heavy atom. The molecule has 0 saturated carbocycles. The Kier molecular flexibility index (Phi) is 6.09. The molecule has 0 aliphatic carbocycles. The van der Waals surface area contributed by atoms with Gasteiger partial charge in [0.1, 0.15) is 0 Å². The molecule has 2 N–H and O–H groups in total. The van der Waals surface area contributed by atoms with Gasteiger partial charge in [0.15, 0.2) is 0 Å². The van der Waals surface area contributed by atoms with Gasteiger partial charge in [-0.15, -0.1) is 0 Å².